The van der Waals surface area contributed by atoms with E-state index in [0.717, 1.165) is 65.6 Å². The first kappa shape index (κ1) is 42.0. The third-order valence-electron chi connectivity index (χ3n) is 11.9. The number of benzene rings is 3. The van der Waals surface area contributed by atoms with Gasteiger partial charge < -0.3 is 24.6 Å². The first-order valence-corrected chi connectivity index (χ1v) is 22.7. The van der Waals surface area contributed by atoms with E-state index in [4.69, 9.17) is 9.47 Å². The van der Waals surface area contributed by atoms with Crippen LogP contribution in [0.5, 0.6) is 5.75 Å². The van der Waals surface area contributed by atoms with Crippen LogP contribution in [0.3, 0.4) is 0 Å². The number of anilines is 4. The van der Waals surface area contributed by atoms with Gasteiger partial charge in [0.15, 0.2) is 9.84 Å². The highest BCUT2D eigenvalue weighted by Crippen LogP contribution is 2.31. The number of likely N-dealkylation sites (tertiary alicyclic amines) is 1. The number of fused-ring (bicyclic) bond motifs is 1. The maximum atomic E-state index is 13.6. The number of aromatic nitrogens is 2. The molecule has 3 saturated heterocycles. The van der Waals surface area contributed by atoms with Gasteiger partial charge in [0.05, 0.1) is 36.9 Å². The summed E-state index contributed by atoms with van der Waals surface area (Å²) in [5, 5.41) is 2.84. The van der Waals surface area contributed by atoms with Gasteiger partial charge in [-0.1, -0.05) is 24.3 Å². The standard InChI is InChI=1S/C45H54N8O7S/c1-45(2,3)60-44(56)50-21-17-33-25-46-42(48-40(33)29-50)47-34-9-5-32(6-10-34)30-61(57,58)39-18-22-49(23-19-39)37-27-51(28-37)35-11-13-36(14-12-35)52-24-20-41(54)53(43(52)55)26-31-7-15-38(59-4)16-8-31/h5-16,25,37,39H,17-24,26-30H2,1-4H3,(H,46,47,48). The number of piperidine rings is 1. The minimum Gasteiger partial charge on any atom is -0.497 e. The number of hydrogen-bond donors (Lipinski definition) is 1. The molecule has 1 aromatic heterocycles. The highest BCUT2D eigenvalue weighted by Gasteiger charge is 2.38. The van der Waals surface area contributed by atoms with Crippen LogP contribution in [0.25, 0.3) is 0 Å². The average Bonchev–Trinajstić information content (AvgIpc) is 3.22. The second kappa shape index (κ2) is 17.3. The Bertz CT molecular complexity index is 2340. The van der Waals surface area contributed by atoms with Crippen molar-refractivity contribution in [1.82, 2.24) is 24.7 Å². The van der Waals surface area contributed by atoms with Crippen molar-refractivity contribution in [3.8, 4) is 5.75 Å². The monoisotopic (exact) mass is 850 g/mol. The molecule has 0 radical (unpaired) electrons. The quantitative estimate of drug-likeness (QED) is 0.184. The zero-order valence-electron chi connectivity index (χ0n) is 35.2. The zero-order chi connectivity index (χ0) is 42.9. The minimum absolute atomic E-state index is 0.0129. The predicted molar refractivity (Wildman–Crippen MR) is 233 cm³/mol. The van der Waals surface area contributed by atoms with Crippen molar-refractivity contribution in [2.24, 2.45) is 0 Å². The minimum atomic E-state index is -3.36. The molecule has 16 heteroatoms. The van der Waals surface area contributed by atoms with Gasteiger partial charge in [-0.2, -0.15) is 0 Å². The average molecular weight is 851 g/mol. The summed E-state index contributed by atoms with van der Waals surface area (Å²) in [7, 11) is -1.76. The molecule has 3 aromatic carbocycles. The molecule has 8 rings (SSSR count). The predicted octanol–water partition coefficient (Wildman–Crippen LogP) is 6.15. The summed E-state index contributed by atoms with van der Waals surface area (Å²) >= 11 is 0. The summed E-state index contributed by atoms with van der Waals surface area (Å²) < 4.78 is 37.9. The number of hydrogen-bond acceptors (Lipinski definition) is 12. The molecule has 5 heterocycles. The topological polar surface area (TPSA) is 158 Å². The molecule has 0 unspecified atom stereocenters. The smallest absolute Gasteiger partial charge is 0.410 e. The summed E-state index contributed by atoms with van der Waals surface area (Å²) in [6, 6.07) is 22.7. The van der Waals surface area contributed by atoms with Gasteiger partial charge in [0.1, 0.15) is 11.4 Å². The third kappa shape index (κ3) is 9.75. The number of urea groups is 1. The molecule has 61 heavy (non-hydrogen) atoms. The van der Waals surface area contributed by atoms with Crippen LogP contribution in [0.1, 0.15) is 62.4 Å². The van der Waals surface area contributed by atoms with Crippen LogP contribution in [0.15, 0.2) is 79.0 Å². The van der Waals surface area contributed by atoms with Crippen molar-refractivity contribution in [1.29, 1.82) is 0 Å². The number of carbonyl (C=O) groups is 3. The van der Waals surface area contributed by atoms with Gasteiger partial charge in [-0.3, -0.25) is 19.5 Å². The summed E-state index contributed by atoms with van der Waals surface area (Å²) in [6.07, 6.45) is 3.55. The molecule has 3 fully saturated rings. The highest BCUT2D eigenvalue weighted by molar-refractivity contribution is 7.91. The molecule has 4 aromatic rings. The van der Waals surface area contributed by atoms with Gasteiger partial charge in [0.2, 0.25) is 11.9 Å². The molecule has 4 aliphatic heterocycles. The molecule has 322 valence electrons. The zero-order valence-corrected chi connectivity index (χ0v) is 36.1. The first-order valence-electron chi connectivity index (χ1n) is 21.0. The SMILES string of the molecule is COc1ccc(CN2C(=O)CCN(c3ccc(N4CC(N5CCC(S(=O)(=O)Cc6ccc(Nc7ncc8c(n7)CN(C(=O)OC(C)(C)C)CC8)cc6)CC5)C4)cc3)C2=O)cc1. The molecule has 1 N–H and O–H groups in total. The van der Waals surface area contributed by atoms with Crippen molar-refractivity contribution in [3.05, 3.63) is 101 Å². The fourth-order valence-electron chi connectivity index (χ4n) is 8.35. The fraction of sp³-hybridized carbons (Fsp3) is 0.444. The van der Waals surface area contributed by atoms with Crippen LogP contribution in [0.2, 0.25) is 0 Å². The lowest BCUT2D eigenvalue weighted by atomic mass is 10.0. The van der Waals surface area contributed by atoms with E-state index in [1.165, 1.54) is 4.90 Å². The number of amides is 4. The normalized spacial score (nSPS) is 18.2. The summed E-state index contributed by atoms with van der Waals surface area (Å²) in [4.78, 5) is 57.2. The van der Waals surface area contributed by atoms with E-state index in [-0.39, 0.29) is 42.0 Å². The Morgan fingerprint density at radius 1 is 0.852 bits per heavy atom. The van der Waals surface area contributed by atoms with Crippen LogP contribution in [-0.2, 0) is 44.6 Å². The van der Waals surface area contributed by atoms with E-state index >= 15 is 0 Å². The van der Waals surface area contributed by atoms with Crippen LogP contribution in [0, 0.1) is 0 Å². The Hall–Kier alpha value is -5.74. The largest absolute Gasteiger partial charge is 0.497 e. The molecule has 0 saturated carbocycles. The Balaban J connectivity index is 0.782. The van der Waals surface area contributed by atoms with Gasteiger partial charge in [-0.15, -0.1) is 0 Å². The number of ether oxygens (including phenoxy) is 2. The van der Waals surface area contributed by atoms with Crippen LogP contribution in [0.4, 0.5) is 32.6 Å². The molecular formula is C45H54N8O7S. The van der Waals surface area contributed by atoms with Crippen LogP contribution in [-0.4, -0.2) is 114 Å². The number of sulfone groups is 1. The maximum Gasteiger partial charge on any atom is 0.410 e. The molecule has 0 bridgehead atoms. The van der Waals surface area contributed by atoms with E-state index < -0.39 is 15.4 Å². The third-order valence-corrected chi connectivity index (χ3v) is 14.1. The molecule has 0 atom stereocenters. The van der Waals surface area contributed by atoms with E-state index in [1.807, 2.05) is 93.6 Å². The van der Waals surface area contributed by atoms with E-state index in [9.17, 15) is 22.8 Å². The number of carbonyl (C=O) groups excluding carboxylic acids is 3. The maximum absolute atomic E-state index is 13.6. The van der Waals surface area contributed by atoms with Crippen molar-refractivity contribution in [2.75, 3.05) is 61.5 Å². The van der Waals surface area contributed by atoms with Crippen molar-refractivity contribution in [2.45, 2.75) is 82.2 Å². The molecular weight excluding hydrogens is 797 g/mol. The van der Waals surface area contributed by atoms with Gasteiger partial charge in [0.25, 0.3) is 0 Å². The number of nitrogens with zero attached hydrogens (tertiary/aromatic N) is 7. The van der Waals surface area contributed by atoms with Crippen molar-refractivity contribution >= 4 is 50.9 Å². The second-order valence-corrected chi connectivity index (χ2v) is 19.6. The lowest BCUT2D eigenvalue weighted by Crippen LogP contribution is -2.61. The Labute approximate surface area is 357 Å². The number of methoxy groups -OCH3 is 1. The first-order chi connectivity index (χ1) is 29.2. The van der Waals surface area contributed by atoms with Gasteiger partial charge >= 0.3 is 12.1 Å². The molecule has 0 aliphatic carbocycles. The fourth-order valence-corrected chi connectivity index (χ4v) is 10.2. The number of imide groups is 1. The molecule has 15 nitrogen and oxygen atoms in total. The van der Waals surface area contributed by atoms with Crippen molar-refractivity contribution in [3.63, 3.8) is 0 Å². The lowest BCUT2D eigenvalue weighted by Gasteiger charge is -2.48. The Morgan fingerprint density at radius 2 is 1.52 bits per heavy atom. The van der Waals surface area contributed by atoms with Crippen molar-refractivity contribution < 1.29 is 32.3 Å². The molecule has 0 spiro atoms. The van der Waals surface area contributed by atoms with Gasteiger partial charge in [-0.05, 0) is 118 Å². The second-order valence-electron chi connectivity index (χ2n) is 17.3. The lowest BCUT2D eigenvalue weighted by molar-refractivity contribution is -0.129. The number of nitrogens with one attached hydrogen (secondary N) is 1. The van der Waals surface area contributed by atoms with Gasteiger partial charge in [0, 0.05) is 61.9 Å². The molecule has 4 amide bonds. The summed E-state index contributed by atoms with van der Waals surface area (Å²) in [5.74, 6) is 0.925. The molecule has 4 aliphatic rings. The van der Waals surface area contributed by atoms with E-state index in [0.29, 0.717) is 56.6 Å². The number of rotatable bonds is 11. The summed E-state index contributed by atoms with van der Waals surface area (Å²) in [6.45, 7) is 10.1. The van der Waals surface area contributed by atoms with Gasteiger partial charge in [-0.25, -0.2) is 28.0 Å². The highest BCUT2D eigenvalue weighted by atomic mass is 32.2. The van der Waals surface area contributed by atoms with Crippen LogP contribution < -0.4 is 19.9 Å². The van der Waals surface area contributed by atoms with E-state index in [2.05, 4.69) is 25.1 Å². The Kier molecular flexibility index (Phi) is 11.9. The summed E-state index contributed by atoms with van der Waals surface area (Å²) in [5.41, 5.74) is 5.33. The Morgan fingerprint density at radius 3 is 2.20 bits per heavy atom. The van der Waals surface area contributed by atoms with E-state index in [1.54, 1.807) is 23.1 Å². The van der Waals surface area contributed by atoms with Crippen LogP contribution >= 0.6 is 0 Å².